The van der Waals surface area contributed by atoms with Gasteiger partial charge in [-0.3, -0.25) is 4.99 Å². The van der Waals surface area contributed by atoms with Gasteiger partial charge in [0, 0.05) is 23.4 Å². The average Bonchev–Trinajstić information content (AvgIpc) is 3.12. The van der Waals surface area contributed by atoms with Gasteiger partial charge >= 0.3 is 17.5 Å². The molecule has 23 heavy (non-hydrogen) atoms. The maximum Gasteiger partial charge on any atom is 0.395 e. The highest BCUT2D eigenvalue weighted by Gasteiger charge is 2.26. The standard InChI is InChI=1S/C18H12N2O3/c21-18-16(10-13-11-19-15-9-5-4-8-14(13)15)20(22)17(23-18)12-6-2-1-3-7-12/h1-11,21H. The molecule has 0 atom stereocenters. The average molecular weight is 304 g/mol. The molecule has 0 saturated heterocycles. The van der Waals surface area contributed by atoms with Gasteiger partial charge in [0.1, 0.15) is 0 Å². The second-order valence-corrected chi connectivity index (χ2v) is 5.13. The molecule has 2 heterocycles. The highest BCUT2D eigenvalue weighted by Crippen LogP contribution is 2.34. The van der Waals surface area contributed by atoms with Crippen molar-refractivity contribution < 1.29 is 14.3 Å². The molecule has 5 nitrogen and oxygen atoms in total. The number of fused-ring (bicyclic) bond motifs is 1. The molecule has 0 fully saturated rings. The van der Waals surface area contributed by atoms with E-state index < -0.39 is 5.95 Å². The summed E-state index contributed by atoms with van der Waals surface area (Å²) in [5.41, 5.74) is 3.16. The molecule has 0 spiro atoms. The molecule has 0 radical (unpaired) electrons. The number of rotatable bonds is 2. The predicted octanol–water partition coefficient (Wildman–Crippen LogP) is 3.54. The predicted molar refractivity (Wildman–Crippen MR) is 87.2 cm³/mol. The summed E-state index contributed by atoms with van der Waals surface area (Å²) in [6.07, 6.45) is 3.24. The number of benzene rings is 2. The lowest BCUT2D eigenvalue weighted by Crippen LogP contribution is -2.29. The summed E-state index contributed by atoms with van der Waals surface area (Å²) in [5.74, 6) is -0.359. The molecule has 1 aliphatic rings. The van der Waals surface area contributed by atoms with Crippen LogP contribution in [0.15, 0.2) is 64.0 Å². The third kappa shape index (κ3) is 2.19. The van der Waals surface area contributed by atoms with Crippen LogP contribution in [-0.2, 0) is 0 Å². The Morgan fingerprint density at radius 1 is 1.04 bits per heavy atom. The molecule has 0 bridgehead atoms. The van der Waals surface area contributed by atoms with Crippen LogP contribution in [0.25, 0.3) is 23.1 Å². The van der Waals surface area contributed by atoms with Gasteiger partial charge < -0.3 is 14.7 Å². The van der Waals surface area contributed by atoms with Gasteiger partial charge in [-0.15, -0.1) is 4.73 Å². The molecule has 4 rings (SSSR count). The van der Waals surface area contributed by atoms with E-state index in [9.17, 15) is 10.3 Å². The smallest absolute Gasteiger partial charge is 0.395 e. The Labute approximate surface area is 132 Å². The third-order valence-corrected chi connectivity index (χ3v) is 3.69. The quantitative estimate of drug-likeness (QED) is 0.581. The Hall–Kier alpha value is -3.34. The second-order valence-electron chi connectivity index (χ2n) is 5.13. The highest BCUT2D eigenvalue weighted by atomic mass is 16.5. The van der Waals surface area contributed by atoms with E-state index >= 15 is 0 Å². The van der Waals surface area contributed by atoms with Crippen molar-refractivity contribution in [2.45, 2.75) is 0 Å². The van der Waals surface area contributed by atoms with Crippen molar-refractivity contribution in [3.8, 4) is 17.4 Å². The monoisotopic (exact) mass is 304 g/mol. The first kappa shape index (κ1) is 13.3. The fourth-order valence-corrected chi connectivity index (χ4v) is 2.56. The van der Waals surface area contributed by atoms with Gasteiger partial charge in [-0.1, -0.05) is 36.4 Å². The van der Waals surface area contributed by atoms with E-state index in [1.54, 1.807) is 36.6 Å². The van der Waals surface area contributed by atoms with Crippen molar-refractivity contribution in [1.82, 2.24) is 0 Å². The van der Waals surface area contributed by atoms with Crippen molar-refractivity contribution in [3.63, 3.8) is 0 Å². The molecule has 3 aromatic rings. The topological polar surface area (TPSA) is 72.7 Å². The third-order valence-electron chi connectivity index (χ3n) is 3.69. The minimum atomic E-state index is -0.413. The van der Waals surface area contributed by atoms with Crippen LogP contribution >= 0.6 is 0 Å². The summed E-state index contributed by atoms with van der Waals surface area (Å²) in [6, 6.07) is 16.5. The summed E-state index contributed by atoms with van der Waals surface area (Å²) in [5, 5.41) is 22.5. The first-order valence-electron chi connectivity index (χ1n) is 7.10. The van der Waals surface area contributed by atoms with Crippen LogP contribution in [0.3, 0.4) is 0 Å². The maximum absolute atomic E-state index is 12.5. The molecule has 5 heteroatoms. The Morgan fingerprint density at radius 3 is 2.61 bits per heavy atom. The zero-order valence-electron chi connectivity index (χ0n) is 12.0. The van der Waals surface area contributed by atoms with Gasteiger partial charge in [-0.05, 0) is 18.2 Å². The van der Waals surface area contributed by atoms with Crippen molar-refractivity contribution in [2.75, 3.05) is 0 Å². The van der Waals surface area contributed by atoms with Gasteiger partial charge in [0.05, 0.1) is 11.3 Å². The van der Waals surface area contributed by atoms with E-state index in [1.165, 1.54) is 0 Å². The van der Waals surface area contributed by atoms with Crippen LogP contribution in [-0.4, -0.2) is 11.3 Å². The molecule has 112 valence electrons. The molecule has 1 aromatic heterocycles. The molecule has 1 aliphatic heterocycles. The van der Waals surface area contributed by atoms with E-state index in [0.717, 1.165) is 16.8 Å². The first-order chi connectivity index (χ1) is 11.2. The fraction of sp³-hybridized carbons (Fsp3) is 0. The van der Waals surface area contributed by atoms with Gasteiger partial charge in [0.2, 0.25) is 0 Å². The lowest BCUT2D eigenvalue weighted by atomic mass is 10.1. The van der Waals surface area contributed by atoms with Gasteiger partial charge in [0.15, 0.2) is 0 Å². The van der Waals surface area contributed by atoms with Crippen molar-refractivity contribution in [3.05, 3.63) is 71.1 Å². The fourth-order valence-electron chi connectivity index (χ4n) is 2.56. The van der Waals surface area contributed by atoms with Crippen LogP contribution in [0.4, 0.5) is 5.69 Å². The maximum atomic E-state index is 12.5. The Balaban J connectivity index is 1.82. The van der Waals surface area contributed by atoms with Gasteiger partial charge in [-0.2, -0.15) is 0 Å². The molecule has 0 aliphatic carbocycles. The number of hydrogen-bond donors (Lipinski definition) is 1. The second kappa shape index (κ2) is 5.14. The largest absolute Gasteiger partial charge is 0.615 e. The molecular formula is C18H12N2O3. The van der Waals surface area contributed by atoms with Crippen LogP contribution in [0.1, 0.15) is 11.3 Å². The SMILES string of the molecule is [O-][n+]1c(-c2ccccc2)oc(O)c1C=C1C=Nc2ccccc21. The number of nitrogens with zero attached hydrogens (tertiary/aromatic N) is 2. The minimum Gasteiger partial charge on any atom is -0.615 e. The summed E-state index contributed by atoms with van der Waals surface area (Å²) < 4.78 is 5.84. The van der Waals surface area contributed by atoms with Crippen LogP contribution in [0.5, 0.6) is 5.95 Å². The summed E-state index contributed by atoms with van der Waals surface area (Å²) in [6.45, 7) is 0. The molecule has 0 saturated carbocycles. The number of aromatic hydroxyl groups is 1. The number of allylic oxidation sites excluding steroid dienone is 1. The van der Waals surface area contributed by atoms with Crippen LogP contribution in [0.2, 0.25) is 0 Å². The van der Waals surface area contributed by atoms with Crippen LogP contribution < -0.4 is 4.73 Å². The molecule has 1 N–H and O–H groups in total. The number of aliphatic imine (C=N–C) groups is 1. The van der Waals surface area contributed by atoms with Gasteiger partial charge in [-0.25, -0.2) is 0 Å². The minimum absolute atomic E-state index is 0.0539. The highest BCUT2D eigenvalue weighted by molar-refractivity contribution is 6.21. The summed E-state index contributed by atoms with van der Waals surface area (Å²) in [7, 11) is 0. The Kier molecular flexibility index (Phi) is 2.98. The number of para-hydroxylation sites is 1. The normalized spacial score (nSPS) is 14.3. The molecule has 0 unspecified atom stereocenters. The summed E-state index contributed by atoms with van der Waals surface area (Å²) >= 11 is 0. The Bertz CT molecular complexity index is 940. The van der Waals surface area contributed by atoms with Crippen LogP contribution in [0, 0.1) is 5.21 Å². The molecular weight excluding hydrogens is 292 g/mol. The van der Waals surface area contributed by atoms with Crippen molar-refractivity contribution in [1.29, 1.82) is 0 Å². The summed E-state index contributed by atoms with van der Waals surface area (Å²) in [4.78, 5) is 4.28. The number of oxazole rings is 1. The van der Waals surface area contributed by atoms with E-state index in [2.05, 4.69) is 4.99 Å². The zero-order chi connectivity index (χ0) is 15.8. The number of hydrogen-bond acceptors (Lipinski definition) is 4. The first-order valence-corrected chi connectivity index (χ1v) is 7.10. The lowest BCUT2D eigenvalue weighted by Gasteiger charge is -1.99. The zero-order valence-corrected chi connectivity index (χ0v) is 12.0. The van der Waals surface area contributed by atoms with Crippen molar-refractivity contribution >= 4 is 23.6 Å². The van der Waals surface area contributed by atoms with E-state index in [0.29, 0.717) is 10.3 Å². The Morgan fingerprint density at radius 2 is 1.78 bits per heavy atom. The number of aromatic nitrogens is 1. The lowest BCUT2D eigenvalue weighted by molar-refractivity contribution is -0.598. The van der Waals surface area contributed by atoms with E-state index in [1.807, 2.05) is 30.3 Å². The van der Waals surface area contributed by atoms with E-state index in [4.69, 9.17) is 4.42 Å². The van der Waals surface area contributed by atoms with Crippen molar-refractivity contribution in [2.24, 2.45) is 4.99 Å². The van der Waals surface area contributed by atoms with Gasteiger partial charge in [0.25, 0.3) is 0 Å². The van der Waals surface area contributed by atoms with E-state index in [-0.39, 0.29) is 11.6 Å². The molecule has 2 aromatic carbocycles. The molecule has 0 amide bonds.